The predicted octanol–water partition coefficient (Wildman–Crippen LogP) is 3.46. The van der Waals surface area contributed by atoms with Crippen molar-refractivity contribution in [1.82, 2.24) is 10.2 Å². The van der Waals surface area contributed by atoms with E-state index in [-0.39, 0.29) is 18.7 Å². The Kier molecular flexibility index (Phi) is 4.82. The summed E-state index contributed by atoms with van der Waals surface area (Å²) in [6.45, 7) is 1.27. The topological polar surface area (TPSA) is 58.6 Å². The predicted molar refractivity (Wildman–Crippen MR) is 90.9 cm³/mol. The van der Waals surface area contributed by atoms with Crippen molar-refractivity contribution in [1.29, 1.82) is 0 Å². The van der Waals surface area contributed by atoms with Crippen LogP contribution >= 0.6 is 11.6 Å². The summed E-state index contributed by atoms with van der Waals surface area (Å²) in [4.78, 5) is 25.8. The average Bonchev–Trinajstić information content (AvgIpc) is 2.82. The Hall–Kier alpha value is -2.67. The van der Waals surface area contributed by atoms with Crippen LogP contribution in [0, 0.1) is 11.6 Å². The molecule has 1 saturated heterocycles. The number of hydrogen-bond donors (Lipinski definition) is 1. The van der Waals surface area contributed by atoms with E-state index in [0.29, 0.717) is 10.8 Å². The molecule has 1 fully saturated rings. The summed E-state index contributed by atoms with van der Waals surface area (Å²) in [5.41, 5.74) is -1.92. The molecule has 2 aromatic carbocycles. The van der Waals surface area contributed by atoms with Gasteiger partial charge in [-0.25, -0.2) is 13.6 Å². The Bertz CT molecular complexity index is 877. The summed E-state index contributed by atoms with van der Waals surface area (Å²) >= 11 is 5.97. The third kappa shape index (κ3) is 3.22. The minimum absolute atomic E-state index is 0.00457. The highest BCUT2D eigenvalue weighted by Gasteiger charge is 2.50. The molecule has 26 heavy (non-hydrogen) atoms. The van der Waals surface area contributed by atoms with Crippen LogP contribution in [0.4, 0.5) is 13.6 Å². The van der Waals surface area contributed by atoms with E-state index in [4.69, 9.17) is 16.3 Å². The van der Waals surface area contributed by atoms with Gasteiger partial charge < -0.3 is 10.1 Å². The van der Waals surface area contributed by atoms with Gasteiger partial charge in [-0.2, -0.15) is 0 Å². The molecule has 1 heterocycles. The van der Waals surface area contributed by atoms with E-state index in [1.807, 2.05) is 0 Å². The van der Waals surface area contributed by atoms with Crippen molar-refractivity contribution >= 4 is 23.5 Å². The van der Waals surface area contributed by atoms with Crippen LogP contribution in [-0.2, 0) is 10.3 Å². The van der Waals surface area contributed by atoms with Gasteiger partial charge in [-0.3, -0.25) is 9.69 Å². The summed E-state index contributed by atoms with van der Waals surface area (Å²) in [6, 6.07) is 8.83. The first-order chi connectivity index (χ1) is 12.3. The smallest absolute Gasteiger partial charge is 0.325 e. The lowest BCUT2D eigenvalue weighted by Crippen LogP contribution is -2.42. The molecule has 1 N–H and O–H groups in total. The minimum atomic E-state index is -1.69. The molecule has 1 atom stereocenters. The number of carbonyl (C=O) groups is 2. The van der Waals surface area contributed by atoms with Crippen LogP contribution < -0.4 is 10.1 Å². The van der Waals surface area contributed by atoms with Gasteiger partial charge in [0, 0.05) is 5.56 Å². The Morgan fingerprint density at radius 2 is 1.92 bits per heavy atom. The maximum atomic E-state index is 14.1. The van der Waals surface area contributed by atoms with E-state index in [9.17, 15) is 18.4 Å². The highest BCUT2D eigenvalue weighted by molar-refractivity contribution is 6.32. The van der Waals surface area contributed by atoms with Gasteiger partial charge in [0.05, 0.1) is 11.6 Å². The highest BCUT2D eigenvalue weighted by atomic mass is 35.5. The van der Waals surface area contributed by atoms with Crippen LogP contribution in [0.2, 0.25) is 5.02 Å². The Morgan fingerprint density at radius 1 is 1.19 bits per heavy atom. The fourth-order valence-electron chi connectivity index (χ4n) is 2.77. The highest BCUT2D eigenvalue weighted by Crippen LogP contribution is 2.31. The molecule has 0 radical (unpaired) electrons. The number of hydrogen-bond acceptors (Lipinski definition) is 3. The second-order valence-corrected chi connectivity index (χ2v) is 6.32. The number of benzene rings is 2. The van der Waals surface area contributed by atoms with Gasteiger partial charge in [-0.15, -0.1) is 0 Å². The van der Waals surface area contributed by atoms with Crippen LogP contribution in [-0.4, -0.2) is 30.0 Å². The van der Waals surface area contributed by atoms with Crippen molar-refractivity contribution in [3.8, 4) is 5.75 Å². The van der Waals surface area contributed by atoms with Gasteiger partial charge in [-0.05, 0) is 37.3 Å². The summed E-state index contributed by atoms with van der Waals surface area (Å²) in [5.74, 6) is -1.75. The molecular formula is C18H15ClF2N2O3. The largest absolute Gasteiger partial charge is 0.490 e. The Morgan fingerprint density at radius 3 is 2.65 bits per heavy atom. The molecule has 1 aliphatic heterocycles. The average molecular weight is 381 g/mol. The molecule has 1 aliphatic rings. The van der Waals surface area contributed by atoms with Crippen LogP contribution in [0.15, 0.2) is 42.5 Å². The molecule has 8 heteroatoms. The maximum absolute atomic E-state index is 14.1. The van der Waals surface area contributed by atoms with Gasteiger partial charge >= 0.3 is 6.03 Å². The summed E-state index contributed by atoms with van der Waals surface area (Å²) in [5, 5.41) is 2.82. The van der Waals surface area contributed by atoms with Crippen molar-refractivity contribution < 1.29 is 23.1 Å². The molecule has 3 amide bonds. The molecule has 0 spiro atoms. The van der Waals surface area contributed by atoms with Gasteiger partial charge in [0.15, 0.2) is 0 Å². The first-order valence-electron chi connectivity index (χ1n) is 7.80. The van der Waals surface area contributed by atoms with Gasteiger partial charge in [0.2, 0.25) is 0 Å². The first kappa shape index (κ1) is 18.1. The number of amides is 3. The lowest BCUT2D eigenvalue weighted by atomic mass is 9.91. The summed E-state index contributed by atoms with van der Waals surface area (Å²) < 4.78 is 33.0. The standard InChI is InChI=1S/C18H15ClF2N2O3/c1-18(12-10-11(20)6-7-14(12)21)16(24)23(17(25)22-18)8-9-26-15-5-3-2-4-13(15)19/h2-7,10H,8-9H2,1H3,(H,22,25). The van der Waals surface area contributed by atoms with Gasteiger partial charge in [-0.1, -0.05) is 23.7 Å². The molecule has 136 valence electrons. The zero-order chi connectivity index (χ0) is 18.9. The zero-order valence-electron chi connectivity index (χ0n) is 13.8. The first-order valence-corrected chi connectivity index (χ1v) is 8.17. The van der Waals surface area contributed by atoms with Crippen molar-refractivity contribution in [2.45, 2.75) is 12.5 Å². The number of halogens is 3. The van der Waals surface area contributed by atoms with Crippen molar-refractivity contribution in [3.63, 3.8) is 0 Å². The molecule has 0 aliphatic carbocycles. The number of para-hydroxylation sites is 1. The van der Waals surface area contributed by atoms with E-state index in [2.05, 4.69) is 5.32 Å². The number of urea groups is 1. The molecule has 3 rings (SSSR count). The minimum Gasteiger partial charge on any atom is -0.490 e. The van der Waals surface area contributed by atoms with E-state index in [1.54, 1.807) is 24.3 Å². The van der Waals surface area contributed by atoms with Gasteiger partial charge in [0.25, 0.3) is 5.91 Å². The lowest BCUT2D eigenvalue weighted by molar-refractivity contribution is -0.131. The number of nitrogens with zero attached hydrogens (tertiary/aromatic N) is 1. The summed E-state index contributed by atoms with van der Waals surface area (Å²) in [7, 11) is 0. The number of rotatable bonds is 5. The van der Waals surface area contributed by atoms with Crippen LogP contribution in [0.3, 0.4) is 0 Å². The van der Waals surface area contributed by atoms with E-state index in [0.717, 1.165) is 23.1 Å². The number of ether oxygens (including phenoxy) is 1. The normalized spacial score (nSPS) is 19.6. The SMILES string of the molecule is CC1(c2cc(F)ccc2F)NC(=O)N(CCOc2ccccc2Cl)C1=O. The van der Waals surface area contributed by atoms with Crippen LogP contribution in [0.1, 0.15) is 12.5 Å². The number of carbonyl (C=O) groups excluding carboxylic acids is 2. The Labute approximate surface area is 153 Å². The van der Waals surface area contributed by atoms with Crippen LogP contribution in [0.25, 0.3) is 0 Å². The van der Waals surface area contributed by atoms with Crippen molar-refractivity contribution in [2.24, 2.45) is 0 Å². The van der Waals surface area contributed by atoms with Crippen molar-refractivity contribution in [2.75, 3.05) is 13.2 Å². The number of nitrogens with one attached hydrogen (secondary N) is 1. The fraction of sp³-hybridized carbons (Fsp3) is 0.222. The lowest BCUT2D eigenvalue weighted by Gasteiger charge is -2.22. The van der Waals surface area contributed by atoms with E-state index < -0.39 is 29.1 Å². The fourth-order valence-corrected chi connectivity index (χ4v) is 2.96. The third-order valence-electron chi connectivity index (χ3n) is 4.15. The molecular weight excluding hydrogens is 366 g/mol. The second kappa shape index (κ2) is 6.92. The maximum Gasteiger partial charge on any atom is 0.325 e. The monoisotopic (exact) mass is 380 g/mol. The van der Waals surface area contributed by atoms with Crippen molar-refractivity contribution in [3.05, 3.63) is 64.7 Å². The van der Waals surface area contributed by atoms with E-state index in [1.165, 1.54) is 6.92 Å². The molecule has 0 aromatic heterocycles. The summed E-state index contributed by atoms with van der Waals surface area (Å²) in [6.07, 6.45) is 0. The third-order valence-corrected chi connectivity index (χ3v) is 4.46. The van der Waals surface area contributed by atoms with Crippen LogP contribution in [0.5, 0.6) is 5.75 Å². The quantitative estimate of drug-likeness (QED) is 0.808. The molecule has 5 nitrogen and oxygen atoms in total. The van der Waals surface area contributed by atoms with Gasteiger partial charge in [0.1, 0.15) is 29.5 Å². The molecule has 0 saturated carbocycles. The van der Waals surface area contributed by atoms with E-state index >= 15 is 0 Å². The molecule has 2 aromatic rings. The zero-order valence-corrected chi connectivity index (χ0v) is 14.5. The molecule has 0 bridgehead atoms. The Balaban J connectivity index is 1.74. The molecule has 1 unspecified atom stereocenters. The second-order valence-electron chi connectivity index (χ2n) is 5.91. The number of imide groups is 1.